The molecule has 31 heavy (non-hydrogen) atoms. The average Bonchev–Trinajstić information content (AvgIpc) is 3.34. The Morgan fingerprint density at radius 2 is 1.87 bits per heavy atom. The van der Waals surface area contributed by atoms with E-state index in [9.17, 15) is 14.0 Å². The van der Waals surface area contributed by atoms with Crippen LogP contribution >= 0.6 is 0 Å². The summed E-state index contributed by atoms with van der Waals surface area (Å²) in [5.74, 6) is 1.15. The first kappa shape index (κ1) is 21.3. The van der Waals surface area contributed by atoms with Gasteiger partial charge in [0.15, 0.2) is 11.6 Å². The predicted molar refractivity (Wildman–Crippen MR) is 110 cm³/mol. The van der Waals surface area contributed by atoms with Crippen molar-refractivity contribution in [3.05, 3.63) is 47.3 Å². The second kappa shape index (κ2) is 8.28. The smallest absolute Gasteiger partial charge is 0.410 e. The molecule has 3 heterocycles. The van der Waals surface area contributed by atoms with Crippen molar-refractivity contribution in [2.24, 2.45) is 0 Å². The van der Waals surface area contributed by atoms with Crippen molar-refractivity contribution in [1.82, 2.24) is 24.6 Å². The number of carbonyl (C=O) groups is 2. The van der Waals surface area contributed by atoms with Gasteiger partial charge in [-0.25, -0.2) is 9.18 Å². The molecular formula is C22H28FN5O3. The summed E-state index contributed by atoms with van der Waals surface area (Å²) >= 11 is 0. The Morgan fingerprint density at radius 1 is 1.13 bits per heavy atom. The van der Waals surface area contributed by atoms with Crippen LogP contribution in [0.3, 0.4) is 0 Å². The number of rotatable bonds is 3. The fraction of sp³-hybridized carbons (Fsp3) is 0.545. The summed E-state index contributed by atoms with van der Waals surface area (Å²) in [6.45, 7) is 7.58. The van der Waals surface area contributed by atoms with Crippen molar-refractivity contribution >= 4 is 12.0 Å². The zero-order chi connectivity index (χ0) is 22.2. The Bertz CT molecular complexity index is 967. The SMILES string of the molecule is CC(C)(C)OC(=O)N1CCn2c(nnc2[C@H]2CCCN2C(=O)Cc2ccc(F)cc2)C1. The summed E-state index contributed by atoms with van der Waals surface area (Å²) < 4.78 is 20.6. The molecule has 4 rings (SSSR count). The van der Waals surface area contributed by atoms with E-state index >= 15 is 0 Å². The Hall–Kier alpha value is -2.97. The molecule has 0 saturated carbocycles. The van der Waals surface area contributed by atoms with Crippen LogP contribution in [0.15, 0.2) is 24.3 Å². The van der Waals surface area contributed by atoms with Gasteiger partial charge in [-0.05, 0) is 51.3 Å². The number of nitrogens with zero attached hydrogens (tertiary/aromatic N) is 5. The lowest BCUT2D eigenvalue weighted by Gasteiger charge is -2.31. The van der Waals surface area contributed by atoms with Crippen LogP contribution in [0.25, 0.3) is 0 Å². The molecule has 2 aliphatic rings. The van der Waals surface area contributed by atoms with Gasteiger partial charge in [0, 0.05) is 19.6 Å². The van der Waals surface area contributed by atoms with Crippen LogP contribution in [0.4, 0.5) is 9.18 Å². The number of ether oxygens (including phenoxy) is 1. The molecule has 0 radical (unpaired) electrons. The number of hydrogen-bond donors (Lipinski definition) is 0. The van der Waals surface area contributed by atoms with Crippen molar-refractivity contribution in [1.29, 1.82) is 0 Å². The largest absolute Gasteiger partial charge is 0.444 e. The molecule has 2 amide bonds. The minimum atomic E-state index is -0.553. The summed E-state index contributed by atoms with van der Waals surface area (Å²) in [5.41, 5.74) is 0.233. The van der Waals surface area contributed by atoms with Gasteiger partial charge in [-0.2, -0.15) is 0 Å². The molecule has 1 aromatic carbocycles. The zero-order valence-electron chi connectivity index (χ0n) is 18.2. The van der Waals surface area contributed by atoms with E-state index in [1.54, 1.807) is 17.0 Å². The number of amides is 2. The van der Waals surface area contributed by atoms with Crippen LogP contribution in [0, 0.1) is 5.82 Å². The highest BCUT2D eigenvalue weighted by Gasteiger charge is 2.36. The van der Waals surface area contributed by atoms with Gasteiger partial charge in [-0.1, -0.05) is 12.1 Å². The van der Waals surface area contributed by atoms with E-state index in [4.69, 9.17) is 4.74 Å². The van der Waals surface area contributed by atoms with Crippen molar-refractivity contribution in [3.8, 4) is 0 Å². The van der Waals surface area contributed by atoms with Gasteiger partial charge in [0.25, 0.3) is 0 Å². The van der Waals surface area contributed by atoms with Crippen molar-refractivity contribution in [3.63, 3.8) is 0 Å². The quantitative estimate of drug-likeness (QED) is 0.749. The number of aromatic nitrogens is 3. The molecule has 0 aliphatic carbocycles. The van der Waals surface area contributed by atoms with E-state index in [1.807, 2.05) is 30.2 Å². The Labute approximate surface area is 181 Å². The van der Waals surface area contributed by atoms with E-state index < -0.39 is 5.60 Å². The zero-order valence-corrected chi connectivity index (χ0v) is 18.2. The summed E-state index contributed by atoms with van der Waals surface area (Å²) in [6.07, 6.45) is 1.58. The van der Waals surface area contributed by atoms with E-state index in [0.29, 0.717) is 32.0 Å². The average molecular weight is 429 g/mol. The van der Waals surface area contributed by atoms with Crippen molar-refractivity contribution in [2.75, 3.05) is 13.1 Å². The third-order valence-corrected chi connectivity index (χ3v) is 5.57. The number of benzene rings is 1. The molecule has 0 N–H and O–H groups in total. The molecule has 2 aromatic rings. The molecule has 0 spiro atoms. The van der Waals surface area contributed by atoms with E-state index in [2.05, 4.69) is 10.2 Å². The molecular weight excluding hydrogens is 401 g/mol. The van der Waals surface area contributed by atoms with Gasteiger partial charge in [0.1, 0.15) is 11.4 Å². The number of hydrogen-bond acceptors (Lipinski definition) is 5. The minimum Gasteiger partial charge on any atom is -0.444 e. The van der Waals surface area contributed by atoms with Gasteiger partial charge in [0.05, 0.1) is 19.0 Å². The molecule has 1 saturated heterocycles. The third kappa shape index (κ3) is 4.70. The summed E-state index contributed by atoms with van der Waals surface area (Å²) in [5, 5.41) is 8.69. The molecule has 8 nitrogen and oxygen atoms in total. The Morgan fingerprint density at radius 3 is 2.58 bits per heavy atom. The molecule has 1 fully saturated rings. The maximum atomic E-state index is 13.1. The number of fused-ring (bicyclic) bond motifs is 1. The maximum Gasteiger partial charge on any atom is 0.410 e. The fourth-order valence-corrected chi connectivity index (χ4v) is 4.12. The highest BCUT2D eigenvalue weighted by Crippen LogP contribution is 2.32. The monoisotopic (exact) mass is 429 g/mol. The fourth-order valence-electron chi connectivity index (χ4n) is 4.12. The number of halogens is 1. The van der Waals surface area contributed by atoms with Crippen LogP contribution in [-0.4, -0.2) is 55.3 Å². The number of likely N-dealkylation sites (tertiary alicyclic amines) is 1. The van der Waals surface area contributed by atoms with Gasteiger partial charge >= 0.3 is 6.09 Å². The second-order valence-electron chi connectivity index (χ2n) is 9.08. The summed E-state index contributed by atoms with van der Waals surface area (Å²) in [4.78, 5) is 28.8. The van der Waals surface area contributed by atoms with Crippen LogP contribution < -0.4 is 0 Å². The van der Waals surface area contributed by atoms with E-state index in [0.717, 1.165) is 24.2 Å². The molecule has 0 unspecified atom stereocenters. The molecule has 9 heteroatoms. The standard InChI is InChI=1S/C22H28FN5O3/c1-22(2,3)31-21(30)26-11-12-28-18(14-26)24-25-20(28)17-5-4-10-27(17)19(29)13-15-6-8-16(23)9-7-15/h6-9,17H,4-5,10-14H2,1-3H3/t17-/m1/s1. The van der Waals surface area contributed by atoms with Crippen LogP contribution in [0.2, 0.25) is 0 Å². The topological polar surface area (TPSA) is 80.6 Å². The number of carbonyl (C=O) groups excluding carboxylic acids is 2. The first-order valence-corrected chi connectivity index (χ1v) is 10.6. The Balaban J connectivity index is 1.46. The molecule has 0 bridgehead atoms. The van der Waals surface area contributed by atoms with E-state index in [1.165, 1.54) is 12.1 Å². The maximum absolute atomic E-state index is 13.1. The second-order valence-corrected chi connectivity index (χ2v) is 9.08. The summed E-state index contributed by atoms with van der Waals surface area (Å²) in [6, 6.07) is 5.89. The van der Waals surface area contributed by atoms with Gasteiger partial charge in [-0.3, -0.25) is 9.69 Å². The molecule has 1 atom stereocenters. The lowest BCUT2D eigenvalue weighted by atomic mass is 10.1. The normalized spacial score (nSPS) is 18.8. The minimum absolute atomic E-state index is 0.00218. The van der Waals surface area contributed by atoms with Gasteiger partial charge < -0.3 is 14.2 Å². The lowest BCUT2D eigenvalue weighted by molar-refractivity contribution is -0.131. The van der Waals surface area contributed by atoms with Crippen LogP contribution in [0.5, 0.6) is 0 Å². The third-order valence-electron chi connectivity index (χ3n) is 5.57. The van der Waals surface area contributed by atoms with Crippen LogP contribution in [-0.2, 0) is 29.0 Å². The predicted octanol–water partition coefficient (Wildman–Crippen LogP) is 3.07. The van der Waals surface area contributed by atoms with E-state index in [-0.39, 0.29) is 30.3 Å². The molecule has 166 valence electrons. The first-order valence-electron chi connectivity index (χ1n) is 10.6. The highest BCUT2D eigenvalue weighted by molar-refractivity contribution is 5.79. The lowest BCUT2D eigenvalue weighted by Crippen LogP contribution is -2.42. The van der Waals surface area contributed by atoms with Gasteiger partial charge in [-0.15, -0.1) is 10.2 Å². The summed E-state index contributed by atoms with van der Waals surface area (Å²) in [7, 11) is 0. The molecule has 2 aliphatic heterocycles. The van der Waals surface area contributed by atoms with Crippen LogP contribution in [0.1, 0.15) is 56.9 Å². The highest BCUT2D eigenvalue weighted by atomic mass is 19.1. The Kier molecular flexibility index (Phi) is 5.68. The van der Waals surface area contributed by atoms with Crippen molar-refractivity contribution in [2.45, 2.75) is 64.8 Å². The van der Waals surface area contributed by atoms with Crippen molar-refractivity contribution < 1.29 is 18.7 Å². The first-order chi connectivity index (χ1) is 14.7. The van der Waals surface area contributed by atoms with Gasteiger partial charge in [0.2, 0.25) is 5.91 Å². The molecule has 1 aromatic heterocycles.